The van der Waals surface area contributed by atoms with E-state index in [0.29, 0.717) is 5.69 Å². The van der Waals surface area contributed by atoms with Gasteiger partial charge in [-0.3, -0.25) is 9.10 Å². The molecule has 6 nitrogen and oxygen atoms in total. The summed E-state index contributed by atoms with van der Waals surface area (Å²) < 4.78 is 63.3. The summed E-state index contributed by atoms with van der Waals surface area (Å²) in [4.78, 5) is 14.7. The lowest BCUT2D eigenvalue weighted by Gasteiger charge is -2.29. The molecule has 0 saturated carbocycles. The van der Waals surface area contributed by atoms with Crippen molar-refractivity contribution in [1.29, 1.82) is 0 Å². The number of hydrogen-bond donors (Lipinski definition) is 1. The van der Waals surface area contributed by atoms with E-state index >= 15 is 0 Å². The van der Waals surface area contributed by atoms with Gasteiger partial charge in [0.25, 0.3) is 0 Å². The monoisotopic (exact) mass is 455 g/mol. The molecule has 10 heteroatoms. The van der Waals surface area contributed by atoms with Gasteiger partial charge in [-0.05, 0) is 67.8 Å². The van der Waals surface area contributed by atoms with Gasteiger partial charge in [-0.15, -0.1) is 0 Å². The van der Waals surface area contributed by atoms with Crippen molar-refractivity contribution in [3.05, 3.63) is 54.1 Å². The predicted octanol–water partition coefficient (Wildman–Crippen LogP) is 4.10. The fraction of sp³-hybridized carbons (Fsp3) is 0.381. The lowest BCUT2D eigenvalue weighted by Crippen LogP contribution is -2.37. The Kier molecular flexibility index (Phi) is 6.78. The second-order valence-corrected chi connectivity index (χ2v) is 9.36. The third kappa shape index (κ3) is 6.13. The Morgan fingerprint density at radius 2 is 1.58 bits per heavy atom. The molecule has 0 aromatic heterocycles. The molecule has 1 amide bonds. The number of carbonyl (C=O) groups is 1. The molecule has 1 saturated heterocycles. The average molecular weight is 456 g/mol. The van der Waals surface area contributed by atoms with Gasteiger partial charge >= 0.3 is 6.18 Å². The SMILES string of the molecule is CS(=O)(=O)N(CC(=O)Nc1ccc(N2CCCCC2)cc1)c1ccc(C(F)(F)F)cc1. The van der Waals surface area contributed by atoms with E-state index in [1.165, 1.54) is 6.42 Å². The standard InChI is InChI=1S/C21H24F3N3O3S/c1-31(29,30)27(19-9-5-16(6-10-19)21(22,23)24)15-20(28)25-17-7-11-18(12-8-17)26-13-3-2-4-14-26/h5-12H,2-4,13-15H2,1H3,(H,25,28). The molecule has 0 spiro atoms. The number of nitrogens with zero attached hydrogens (tertiary/aromatic N) is 2. The number of rotatable bonds is 6. The summed E-state index contributed by atoms with van der Waals surface area (Å²) in [5, 5.41) is 2.64. The molecule has 3 rings (SSSR count). The number of sulfonamides is 1. The first kappa shape index (κ1) is 22.9. The highest BCUT2D eigenvalue weighted by Gasteiger charge is 2.31. The molecular formula is C21H24F3N3O3S. The van der Waals surface area contributed by atoms with Crippen LogP contribution in [0.25, 0.3) is 0 Å². The second kappa shape index (κ2) is 9.17. The van der Waals surface area contributed by atoms with Gasteiger partial charge in [0.2, 0.25) is 15.9 Å². The molecule has 31 heavy (non-hydrogen) atoms. The number of halogens is 3. The first-order valence-corrected chi connectivity index (χ1v) is 11.7. The number of piperidine rings is 1. The highest BCUT2D eigenvalue weighted by molar-refractivity contribution is 7.92. The number of alkyl halides is 3. The summed E-state index contributed by atoms with van der Waals surface area (Å²) in [5.74, 6) is -0.601. The first-order valence-electron chi connectivity index (χ1n) is 9.84. The fourth-order valence-corrected chi connectivity index (χ4v) is 4.31. The summed E-state index contributed by atoms with van der Waals surface area (Å²) in [6.45, 7) is 1.42. The highest BCUT2D eigenvalue weighted by Crippen LogP contribution is 2.31. The van der Waals surface area contributed by atoms with Crippen LogP contribution in [0.15, 0.2) is 48.5 Å². The summed E-state index contributed by atoms with van der Waals surface area (Å²) in [6.07, 6.45) is -0.133. The quantitative estimate of drug-likeness (QED) is 0.712. The van der Waals surface area contributed by atoms with Gasteiger partial charge in [-0.2, -0.15) is 13.2 Å². The summed E-state index contributed by atoms with van der Waals surface area (Å²) in [7, 11) is -3.89. The van der Waals surface area contributed by atoms with Crippen LogP contribution in [0.5, 0.6) is 0 Å². The van der Waals surface area contributed by atoms with Crippen LogP contribution < -0.4 is 14.5 Å². The van der Waals surface area contributed by atoms with Crippen molar-refractivity contribution in [3.63, 3.8) is 0 Å². The van der Waals surface area contributed by atoms with Gasteiger partial charge in [0.1, 0.15) is 6.54 Å². The molecule has 1 aliphatic heterocycles. The van der Waals surface area contributed by atoms with E-state index < -0.39 is 34.2 Å². The van der Waals surface area contributed by atoms with Gasteiger partial charge in [-0.1, -0.05) is 0 Å². The molecule has 1 heterocycles. The zero-order chi connectivity index (χ0) is 22.6. The normalized spacial score (nSPS) is 14.9. The minimum atomic E-state index is -4.54. The lowest BCUT2D eigenvalue weighted by atomic mass is 10.1. The van der Waals surface area contributed by atoms with Crippen LogP contribution in [0.4, 0.5) is 30.2 Å². The number of anilines is 3. The Balaban J connectivity index is 1.68. The molecule has 1 fully saturated rings. The largest absolute Gasteiger partial charge is 0.416 e. The smallest absolute Gasteiger partial charge is 0.372 e. The summed E-state index contributed by atoms with van der Waals surface area (Å²) >= 11 is 0. The molecule has 0 unspecified atom stereocenters. The maximum absolute atomic E-state index is 12.8. The van der Waals surface area contributed by atoms with Crippen LogP contribution >= 0.6 is 0 Å². The zero-order valence-electron chi connectivity index (χ0n) is 17.0. The van der Waals surface area contributed by atoms with Crippen LogP contribution in [-0.2, 0) is 21.0 Å². The van der Waals surface area contributed by atoms with E-state index in [-0.39, 0.29) is 5.69 Å². The van der Waals surface area contributed by atoms with Crippen LogP contribution in [-0.4, -0.2) is 40.2 Å². The van der Waals surface area contributed by atoms with E-state index in [1.54, 1.807) is 12.1 Å². The van der Waals surface area contributed by atoms with Crippen LogP contribution in [0.3, 0.4) is 0 Å². The fourth-order valence-electron chi connectivity index (χ4n) is 3.46. The van der Waals surface area contributed by atoms with Crippen molar-refractivity contribution in [2.75, 3.05) is 40.4 Å². The second-order valence-electron chi connectivity index (χ2n) is 7.46. The van der Waals surface area contributed by atoms with E-state index in [0.717, 1.165) is 66.4 Å². The minimum absolute atomic E-state index is 0.0221. The molecular weight excluding hydrogens is 431 g/mol. The van der Waals surface area contributed by atoms with Crippen molar-refractivity contribution in [2.45, 2.75) is 25.4 Å². The highest BCUT2D eigenvalue weighted by atomic mass is 32.2. The minimum Gasteiger partial charge on any atom is -0.372 e. The topological polar surface area (TPSA) is 69.7 Å². The molecule has 168 valence electrons. The van der Waals surface area contributed by atoms with E-state index in [9.17, 15) is 26.4 Å². The van der Waals surface area contributed by atoms with Gasteiger partial charge in [0, 0.05) is 24.5 Å². The van der Waals surface area contributed by atoms with Gasteiger partial charge in [0.05, 0.1) is 17.5 Å². The number of carbonyl (C=O) groups excluding carboxylic acids is 1. The van der Waals surface area contributed by atoms with Gasteiger partial charge in [-0.25, -0.2) is 8.42 Å². The van der Waals surface area contributed by atoms with Crippen LogP contribution in [0.1, 0.15) is 24.8 Å². The third-order valence-electron chi connectivity index (χ3n) is 5.04. The number of hydrogen-bond acceptors (Lipinski definition) is 4. The third-order valence-corrected chi connectivity index (χ3v) is 6.18. The van der Waals surface area contributed by atoms with Gasteiger partial charge < -0.3 is 10.2 Å². The zero-order valence-corrected chi connectivity index (χ0v) is 17.8. The number of amides is 1. The summed E-state index contributed by atoms with van der Waals surface area (Å²) in [5.41, 5.74) is 0.640. The van der Waals surface area contributed by atoms with Gasteiger partial charge in [0.15, 0.2) is 0 Å². The molecule has 0 atom stereocenters. The molecule has 1 aliphatic rings. The Labute approximate surface area is 179 Å². The van der Waals surface area contributed by atoms with Crippen molar-refractivity contribution in [2.24, 2.45) is 0 Å². The lowest BCUT2D eigenvalue weighted by molar-refractivity contribution is -0.137. The molecule has 2 aromatic carbocycles. The van der Waals surface area contributed by atoms with Crippen molar-refractivity contribution in [1.82, 2.24) is 0 Å². The molecule has 0 radical (unpaired) electrons. The Hall–Kier alpha value is -2.75. The molecule has 0 bridgehead atoms. The summed E-state index contributed by atoms with van der Waals surface area (Å²) in [6, 6.07) is 10.9. The first-order chi connectivity index (χ1) is 14.5. The Bertz CT molecular complexity index is 1000. The predicted molar refractivity (Wildman–Crippen MR) is 115 cm³/mol. The van der Waals surface area contributed by atoms with E-state index in [2.05, 4.69) is 10.2 Å². The Morgan fingerprint density at radius 3 is 2.10 bits per heavy atom. The number of benzene rings is 2. The van der Waals surface area contributed by atoms with Crippen molar-refractivity contribution >= 4 is 33.0 Å². The molecule has 0 aliphatic carbocycles. The average Bonchev–Trinajstić information content (AvgIpc) is 2.72. The van der Waals surface area contributed by atoms with Crippen molar-refractivity contribution < 1.29 is 26.4 Å². The van der Waals surface area contributed by atoms with E-state index in [1.807, 2.05) is 12.1 Å². The molecule has 1 N–H and O–H groups in total. The number of nitrogens with one attached hydrogen (secondary N) is 1. The van der Waals surface area contributed by atoms with Crippen LogP contribution in [0.2, 0.25) is 0 Å². The molecule has 2 aromatic rings. The maximum atomic E-state index is 12.8. The van der Waals surface area contributed by atoms with Crippen molar-refractivity contribution in [3.8, 4) is 0 Å². The van der Waals surface area contributed by atoms with E-state index in [4.69, 9.17) is 0 Å². The van der Waals surface area contributed by atoms with Crippen LogP contribution in [0, 0.1) is 0 Å². The Morgan fingerprint density at radius 1 is 1.00 bits per heavy atom. The maximum Gasteiger partial charge on any atom is 0.416 e.